The molecule has 0 atom stereocenters. The molecular formula is C16H15N5OS. The van der Waals surface area contributed by atoms with Crippen LogP contribution in [-0.2, 0) is 6.54 Å². The highest BCUT2D eigenvalue weighted by Crippen LogP contribution is 2.14. The van der Waals surface area contributed by atoms with E-state index in [1.54, 1.807) is 35.0 Å². The molecule has 3 rings (SSSR count). The van der Waals surface area contributed by atoms with Crippen molar-refractivity contribution in [2.24, 2.45) is 0 Å². The molecule has 0 saturated heterocycles. The number of benzene rings is 1. The van der Waals surface area contributed by atoms with E-state index in [0.29, 0.717) is 17.8 Å². The molecule has 6 nitrogen and oxygen atoms in total. The standard InChI is InChI=1S/C16H15N5OS/c1-23-15-6-4-12(5-7-15)16(22)18-9-13-11-21(20-19-13)14-3-2-8-17-10-14/h2-8,10-11H,9H2,1H3,(H,18,22). The van der Waals surface area contributed by atoms with Crippen molar-refractivity contribution in [3.05, 3.63) is 66.2 Å². The minimum absolute atomic E-state index is 0.131. The zero-order chi connectivity index (χ0) is 16.1. The van der Waals surface area contributed by atoms with Gasteiger partial charge in [0.15, 0.2) is 0 Å². The summed E-state index contributed by atoms with van der Waals surface area (Å²) in [5.41, 5.74) is 2.13. The predicted octanol–water partition coefficient (Wildman–Crippen LogP) is 2.31. The lowest BCUT2D eigenvalue weighted by atomic mass is 10.2. The fourth-order valence-electron chi connectivity index (χ4n) is 2.01. The zero-order valence-electron chi connectivity index (χ0n) is 12.5. The fourth-order valence-corrected chi connectivity index (χ4v) is 2.42. The van der Waals surface area contributed by atoms with Gasteiger partial charge >= 0.3 is 0 Å². The molecule has 0 fully saturated rings. The van der Waals surface area contributed by atoms with Crippen LogP contribution in [0.4, 0.5) is 0 Å². The van der Waals surface area contributed by atoms with Gasteiger partial charge in [0.05, 0.1) is 24.6 Å². The van der Waals surface area contributed by atoms with E-state index in [0.717, 1.165) is 10.6 Å². The number of pyridine rings is 1. The summed E-state index contributed by atoms with van der Waals surface area (Å²) in [7, 11) is 0. The molecule has 0 bridgehead atoms. The molecule has 0 unspecified atom stereocenters. The van der Waals surface area contributed by atoms with Gasteiger partial charge in [-0.2, -0.15) is 0 Å². The highest BCUT2D eigenvalue weighted by atomic mass is 32.2. The summed E-state index contributed by atoms with van der Waals surface area (Å²) in [6.45, 7) is 0.323. The number of amides is 1. The Labute approximate surface area is 137 Å². The number of carbonyl (C=O) groups is 1. The van der Waals surface area contributed by atoms with Gasteiger partial charge in [0.2, 0.25) is 0 Å². The number of thioether (sulfide) groups is 1. The van der Waals surface area contributed by atoms with Gasteiger partial charge in [0, 0.05) is 16.7 Å². The number of nitrogens with zero attached hydrogens (tertiary/aromatic N) is 4. The van der Waals surface area contributed by atoms with Gasteiger partial charge in [-0.1, -0.05) is 5.21 Å². The van der Waals surface area contributed by atoms with E-state index in [9.17, 15) is 4.79 Å². The van der Waals surface area contributed by atoms with Crippen LogP contribution in [0.15, 0.2) is 59.9 Å². The SMILES string of the molecule is CSc1ccc(C(=O)NCc2cn(-c3cccnc3)nn2)cc1. The number of rotatable bonds is 5. The number of aromatic nitrogens is 4. The molecule has 1 N–H and O–H groups in total. The number of carbonyl (C=O) groups excluding carboxylic acids is 1. The van der Waals surface area contributed by atoms with Crippen LogP contribution in [0, 0.1) is 0 Å². The molecule has 0 radical (unpaired) electrons. The molecule has 1 aromatic carbocycles. The summed E-state index contributed by atoms with van der Waals surface area (Å²) in [4.78, 5) is 17.3. The fraction of sp³-hybridized carbons (Fsp3) is 0.125. The highest BCUT2D eigenvalue weighted by Gasteiger charge is 2.07. The van der Waals surface area contributed by atoms with Gasteiger partial charge in [0.1, 0.15) is 5.69 Å². The Morgan fingerprint density at radius 3 is 2.78 bits per heavy atom. The quantitative estimate of drug-likeness (QED) is 0.729. The summed E-state index contributed by atoms with van der Waals surface area (Å²) in [6, 6.07) is 11.2. The van der Waals surface area contributed by atoms with Crippen LogP contribution < -0.4 is 5.32 Å². The minimum Gasteiger partial charge on any atom is -0.346 e. The first-order chi connectivity index (χ1) is 11.3. The summed E-state index contributed by atoms with van der Waals surface area (Å²) in [6.07, 6.45) is 7.17. The van der Waals surface area contributed by atoms with Crippen LogP contribution in [0.2, 0.25) is 0 Å². The van der Waals surface area contributed by atoms with E-state index < -0.39 is 0 Å². The molecule has 2 heterocycles. The van der Waals surface area contributed by atoms with Gasteiger partial charge in [-0.05, 0) is 42.7 Å². The first-order valence-electron chi connectivity index (χ1n) is 7.00. The van der Waals surface area contributed by atoms with Gasteiger partial charge in [-0.3, -0.25) is 9.78 Å². The van der Waals surface area contributed by atoms with Crippen molar-refractivity contribution < 1.29 is 4.79 Å². The Kier molecular flexibility index (Phi) is 4.68. The third kappa shape index (κ3) is 3.75. The van der Waals surface area contributed by atoms with E-state index in [2.05, 4.69) is 20.6 Å². The van der Waals surface area contributed by atoms with Gasteiger partial charge < -0.3 is 5.32 Å². The minimum atomic E-state index is -0.131. The Balaban J connectivity index is 1.62. The smallest absolute Gasteiger partial charge is 0.251 e. The van der Waals surface area contributed by atoms with Crippen molar-refractivity contribution in [1.29, 1.82) is 0 Å². The van der Waals surface area contributed by atoms with Crippen molar-refractivity contribution in [3.8, 4) is 5.69 Å². The van der Waals surface area contributed by atoms with Gasteiger partial charge in [-0.25, -0.2) is 4.68 Å². The molecule has 3 aromatic rings. The molecule has 0 aliphatic carbocycles. The van der Waals surface area contributed by atoms with Crippen LogP contribution in [0.3, 0.4) is 0 Å². The molecule has 23 heavy (non-hydrogen) atoms. The molecule has 1 amide bonds. The monoisotopic (exact) mass is 325 g/mol. The second kappa shape index (κ2) is 7.06. The molecular weight excluding hydrogens is 310 g/mol. The van der Waals surface area contributed by atoms with Crippen molar-refractivity contribution in [2.75, 3.05) is 6.26 Å². The maximum absolute atomic E-state index is 12.1. The second-order valence-corrected chi connectivity index (χ2v) is 5.66. The molecule has 2 aromatic heterocycles. The number of hydrogen-bond donors (Lipinski definition) is 1. The van der Waals surface area contributed by atoms with Crippen molar-refractivity contribution in [3.63, 3.8) is 0 Å². The maximum Gasteiger partial charge on any atom is 0.251 e. The van der Waals surface area contributed by atoms with E-state index >= 15 is 0 Å². The summed E-state index contributed by atoms with van der Waals surface area (Å²) in [5, 5.41) is 10.9. The van der Waals surface area contributed by atoms with E-state index in [-0.39, 0.29) is 5.91 Å². The highest BCUT2D eigenvalue weighted by molar-refractivity contribution is 7.98. The molecule has 0 saturated carbocycles. The van der Waals surface area contributed by atoms with Crippen LogP contribution in [0.5, 0.6) is 0 Å². The summed E-state index contributed by atoms with van der Waals surface area (Å²) >= 11 is 1.64. The third-order valence-corrected chi connectivity index (χ3v) is 3.98. The van der Waals surface area contributed by atoms with Crippen molar-refractivity contribution in [1.82, 2.24) is 25.3 Å². The lowest BCUT2D eigenvalue weighted by Crippen LogP contribution is -2.22. The van der Waals surface area contributed by atoms with Crippen LogP contribution in [0.1, 0.15) is 16.1 Å². The van der Waals surface area contributed by atoms with E-state index in [1.165, 1.54) is 0 Å². The average Bonchev–Trinajstić information content (AvgIpc) is 3.09. The van der Waals surface area contributed by atoms with Crippen molar-refractivity contribution in [2.45, 2.75) is 11.4 Å². The lowest BCUT2D eigenvalue weighted by Gasteiger charge is -2.03. The Bertz CT molecular complexity index is 786. The van der Waals surface area contributed by atoms with Crippen LogP contribution in [-0.4, -0.2) is 32.1 Å². The van der Waals surface area contributed by atoms with E-state index in [1.807, 2.05) is 42.7 Å². The lowest BCUT2D eigenvalue weighted by molar-refractivity contribution is 0.0950. The predicted molar refractivity (Wildman–Crippen MR) is 88.5 cm³/mol. The Hall–Kier alpha value is -2.67. The largest absolute Gasteiger partial charge is 0.346 e. The number of hydrogen-bond acceptors (Lipinski definition) is 5. The first kappa shape index (κ1) is 15.2. The third-order valence-electron chi connectivity index (χ3n) is 3.23. The van der Waals surface area contributed by atoms with Gasteiger partial charge in [-0.15, -0.1) is 16.9 Å². The summed E-state index contributed by atoms with van der Waals surface area (Å²) < 4.78 is 1.63. The Morgan fingerprint density at radius 2 is 2.09 bits per heavy atom. The molecule has 0 aliphatic rings. The summed E-state index contributed by atoms with van der Waals surface area (Å²) in [5.74, 6) is -0.131. The van der Waals surface area contributed by atoms with Crippen molar-refractivity contribution >= 4 is 17.7 Å². The van der Waals surface area contributed by atoms with Crippen LogP contribution in [0.25, 0.3) is 5.69 Å². The molecule has 0 aliphatic heterocycles. The van der Waals surface area contributed by atoms with E-state index in [4.69, 9.17) is 0 Å². The topological polar surface area (TPSA) is 72.7 Å². The first-order valence-corrected chi connectivity index (χ1v) is 8.22. The normalized spacial score (nSPS) is 10.5. The molecule has 7 heteroatoms. The van der Waals surface area contributed by atoms with Crippen LogP contribution >= 0.6 is 11.8 Å². The average molecular weight is 325 g/mol. The Morgan fingerprint density at radius 1 is 1.26 bits per heavy atom. The maximum atomic E-state index is 12.1. The second-order valence-electron chi connectivity index (χ2n) is 4.78. The number of nitrogens with one attached hydrogen (secondary N) is 1. The zero-order valence-corrected chi connectivity index (χ0v) is 13.3. The molecule has 0 spiro atoms. The molecule has 116 valence electrons. The van der Waals surface area contributed by atoms with Gasteiger partial charge in [0.25, 0.3) is 5.91 Å².